The van der Waals surface area contributed by atoms with Gasteiger partial charge in [-0.1, -0.05) is 6.07 Å². The Kier molecular flexibility index (Phi) is 4.07. The van der Waals surface area contributed by atoms with E-state index in [9.17, 15) is 0 Å². The van der Waals surface area contributed by atoms with E-state index >= 15 is 0 Å². The number of pyridine rings is 1. The van der Waals surface area contributed by atoms with Gasteiger partial charge in [-0.25, -0.2) is 0 Å². The molecule has 7 nitrogen and oxygen atoms in total. The third kappa shape index (κ3) is 3.77. The number of rotatable bonds is 5. The van der Waals surface area contributed by atoms with Gasteiger partial charge in [0.1, 0.15) is 0 Å². The fourth-order valence-corrected chi connectivity index (χ4v) is 1.42. The monoisotopic (exact) mass is 260 g/mol. The van der Waals surface area contributed by atoms with Gasteiger partial charge < -0.3 is 15.4 Å². The summed E-state index contributed by atoms with van der Waals surface area (Å²) in [7, 11) is 3.65. The molecule has 100 valence electrons. The molecule has 2 N–H and O–H groups in total. The Bertz CT molecular complexity index is 531. The van der Waals surface area contributed by atoms with E-state index in [0.717, 1.165) is 5.69 Å². The maximum absolute atomic E-state index is 5.60. The van der Waals surface area contributed by atoms with E-state index in [-0.39, 0.29) is 12.0 Å². The van der Waals surface area contributed by atoms with Crippen LogP contribution in [-0.4, -0.2) is 40.6 Å². The Balaban J connectivity index is 1.96. The van der Waals surface area contributed by atoms with Crippen LogP contribution in [0.3, 0.4) is 0 Å². The molecule has 0 atom stereocenters. The van der Waals surface area contributed by atoms with Crippen LogP contribution in [0.15, 0.2) is 24.4 Å². The van der Waals surface area contributed by atoms with Crippen LogP contribution in [0, 0.1) is 0 Å². The number of nitrogens with zero attached hydrogens (tertiary/aromatic N) is 5. The number of aromatic nitrogens is 4. The highest BCUT2D eigenvalue weighted by Gasteiger charge is 2.07. The molecule has 0 aliphatic rings. The molecule has 19 heavy (non-hydrogen) atoms. The second-order valence-electron chi connectivity index (χ2n) is 4.09. The van der Waals surface area contributed by atoms with Gasteiger partial charge in [-0.15, -0.1) is 0 Å². The lowest BCUT2D eigenvalue weighted by Gasteiger charge is -2.11. The van der Waals surface area contributed by atoms with Crippen molar-refractivity contribution in [1.82, 2.24) is 19.9 Å². The van der Waals surface area contributed by atoms with Crippen LogP contribution >= 0.6 is 0 Å². The van der Waals surface area contributed by atoms with Gasteiger partial charge in [0.05, 0.1) is 6.61 Å². The van der Waals surface area contributed by atoms with E-state index in [4.69, 9.17) is 10.5 Å². The van der Waals surface area contributed by atoms with E-state index < -0.39 is 0 Å². The minimum absolute atomic E-state index is 0.145. The quantitative estimate of drug-likeness (QED) is 0.838. The molecule has 0 radical (unpaired) electrons. The predicted molar refractivity (Wildman–Crippen MR) is 72.0 cm³/mol. The zero-order chi connectivity index (χ0) is 13.7. The van der Waals surface area contributed by atoms with Gasteiger partial charge in [-0.3, -0.25) is 4.98 Å². The minimum atomic E-state index is 0.145. The Morgan fingerprint density at radius 1 is 1.21 bits per heavy atom. The van der Waals surface area contributed by atoms with Crippen molar-refractivity contribution >= 4 is 11.9 Å². The van der Waals surface area contributed by atoms with Crippen LogP contribution in [-0.2, 0) is 6.42 Å². The summed E-state index contributed by atoms with van der Waals surface area (Å²) in [6.45, 7) is 0.438. The summed E-state index contributed by atoms with van der Waals surface area (Å²) >= 11 is 0. The standard InChI is InChI=1S/C12H16N6O/c1-18(2)11-15-10(13)16-12(17-11)19-8-6-9-5-3-4-7-14-9/h3-5,7H,6,8H2,1-2H3,(H2,13,15,16,17). The van der Waals surface area contributed by atoms with E-state index in [0.29, 0.717) is 19.0 Å². The highest BCUT2D eigenvalue weighted by Crippen LogP contribution is 2.11. The molecular formula is C12H16N6O. The second-order valence-corrected chi connectivity index (χ2v) is 4.09. The summed E-state index contributed by atoms with van der Waals surface area (Å²) in [6, 6.07) is 5.98. The van der Waals surface area contributed by atoms with Gasteiger partial charge >= 0.3 is 6.01 Å². The number of nitrogens with two attached hydrogens (primary N) is 1. The van der Waals surface area contributed by atoms with Crippen molar-refractivity contribution in [2.75, 3.05) is 31.3 Å². The first-order valence-electron chi connectivity index (χ1n) is 5.87. The van der Waals surface area contributed by atoms with E-state index in [1.54, 1.807) is 11.1 Å². The van der Waals surface area contributed by atoms with E-state index in [1.807, 2.05) is 32.3 Å². The lowest BCUT2D eigenvalue weighted by Crippen LogP contribution is -2.16. The smallest absolute Gasteiger partial charge is 0.323 e. The van der Waals surface area contributed by atoms with Crippen LogP contribution in [0.2, 0.25) is 0 Å². The maximum Gasteiger partial charge on any atom is 0.323 e. The first-order chi connectivity index (χ1) is 9.15. The van der Waals surface area contributed by atoms with Crippen molar-refractivity contribution in [3.05, 3.63) is 30.1 Å². The van der Waals surface area contributed by atoms with Crippen molar-refractivity contribution in [3.8, 4) is 6.01 Å². The molecule has 2 rings (SSSR count). The van der Waals surface area contributed by atoms with Crippen molar-refractivity contribution in [1.29, 1.82) is 0 Å². The molecule has 0 aliphatic heterocycles. The number of hydrogen-bond donors (Lipinski definition) is 1. The molecule has 0 saturated heterocycles. The molecule has 2 aromatic heterocycles. The molecule has 0 aliphatic carbocycles. The van der Waals surface area contributed by atoms with Crippen LogP contribution in [0.4, 0.5) is 11.9 Å². The van der Waals surface area contributed by atoms with Crippen molar-refractivity contribution in [2.24, 2.45) is 0 Å². The summed E-state index contributed by atoms with van der Waals surface area (Å²) in [5.41, 5.74) is 6.55. The number of anilines is 2. The van der Waals surface area contributed by atoms with Gasteiger partial charge in [0.15, 0.2) is 0 Å². The molecule has 0 saturated carbocycles. The first kappa shape index (κ1) is 13.0. The normalized spacial score (nSPS) is 10.2. The topological polar surface area (TPSA) is 90.1 Å². The average Bonchev–Trinajstić information content (AvgIpc) is 2.39. The van der Waals surface area contributed by atoms with Crippen LogP contribution in [0.5, 0.6) is 6.01 Å². The Morgan fingerprint density at radius 3 is 2.74 bits per heavy atom. The Morgan fingerprint density at radius 2 is 2.05 bits per heavy atom. The summed E-state index contributed by atoms with van der Waals surface area (Å²) in [4.78, 5) is 18.0. The van der Waals surface area contributed by atoms with Crippen molar-refractivity contribution < 1.29 is 4.74 Å². The van der Waals surface area contributed by atoms with Crippen molar-refractivity contribution in [2.45, 2.75) is 6.42 Å². The third-order valence-electron chi connectivity index (χ3n) is 2.34. The van der Waals surface area contributed by atoms with Gasteiger partial charge in [0.25, 0.3) is 0 Å². The van der Waals surface area contributed by atoms with Gasteiger partial charge in [0, 0.05) is 32.4 Å². The summed E-state index contributed by atoms with van der Waals surface area (Å²) in [5, 5.41) is 0. The maximum atomic E-state index is 5.60. The number of ether oxygens (including phenoxy) is 1. The molecule has 0 amide bonds. The zero-order valence-corrected chi connectivity index (χ0v) is 10.9. The predicted octanol–water partition coefficient (Wildman–Crippen LogP) is 0.536. The molecule has 0 aromatic carbocycles. The van der Waals surface area contributed by atoms with Crippen LogP contribution < -0.4 is 15.4 Å². The molecule has 0 unspecified atom stereocenters. The fourth-order valence-electron chi connectivity index (χ4n) is 1.42. The largest absolute Gasteiger partial charge is 0.463 e. The average molecular weight is 260 g/mol. The van der Waals surface area contributed by atoms with E-state index in [1.165, 1.54) is 0 Å². The zero-order valence-electron chi connectivity index (χ0n) is 10.9. The summed E-state index contributed by atoms with van der Waals surface area (Å²) in [6.07, 6.45) is 2.43. The molecule has 7 heteroatoms. The van der Waals surface area contributed by atoms with Crippen LogP contribution in [0.25, 0.3) is 0 Å². The van der Waals surface area contributed by atoms with Crippen LogP contribution in [0.1, 0.15) is 5.69 Å². The molecular weight excluding hydrogens is 244 g/mol. The fraction of sp³-hybridized carbons (Fsp3) is 0.333. The van der Waals surface area contributed by atoms with Gasteiger partial charge in [-0.2, -0.15) is 15.0 Å². The first-order valence-corrected chi connectivity index (χ1v) is 5.87. The number of hydrogen-bond acceptors (Lipinski definition) is 7. The van der Waals surface area contributed by atoms with Gasteiger partial charge in [0.2, 0.25) is 11.9 Å². The molecule has 0 spiro atoms. The Hall–Kier alpha value is -2.44. The molecule has 0 fully saturated rings. The van der Waals surface area contributed by atoms with E-state index in [2.05, 4.69) is 19.9 Å². The number of nitrogen functional groups attached to an aromatic ring is 1. The highest BCUT2D eigenvalue weighted by molar-refractivity contribution is 5.33. The second kappa shape index (κ2) is 5.94. The molecule has 0 bridgehead atoms. The van der Waals surface area contributed by atoms with Gasteiger partial charge in [-0.05, 0) is 12.1 Å². The lowest BCUT2D eigenvalue weighted by atomic mass is 10.3. The summed E-state index contributed by atoms with van der Waals surface area (Å²) in [5.74, 6) is 0.617. The highest BCUT2D eigenvalue weighted by atomic mass is 16.5. The SMILES string of the molecule is CN(C)c1nc(N)nc(OCCc2ccccn2)n1. The molecule has 2 heterocycles. The third-order valence-corrected chi connectivity index (χ3v) is 2.34. The summed E-state index contributed by atoms with van der Waals surface area (Å²) < 4.78 is 5.47. The lowest BCUT2D eigenvalue weighted by molar-refractivity contribution is 0.295. The molecule has 2 aromatic rings. The Labute approximate surface area is 111 Å². The minimum Gasteiger partial charge on any atom is -0.463 e. The van der Waals surface area contributed by atoms with Crippen molar-refractivity contribution in [3.63, 3.8) is 0 Å².